The first-order valence-corrected chi connectivity index (χ1v) is 6.34. The summed E-state index contributed by atoms with van der Waals surface area (Å²) < 4.78 is 1.43. The molecule has 0 saturated heterocycles. The summed E-state index contributed by atoms with van der Waals surface area (Å²) in [4.78, 5) is 29.1. The normalized spacial score (nSPS) is 14.8. The van der Waals surface area contributed by atoms with Gasteiger partial charge in [-0.2, -0.15) is 0 Å². The molecule has 1 saturated carbocycles. The van der Waals surface area contributed by atoms with Crippen molar-refractivity contribution >= 4 is 33.4 Å². The molecule has 1 heterocycles. The van der Waals surface area contributed by atoms with Crippen LogP contribution in [0.3, 0.4) is 0 Å². The maximum atomic E-state index is 11.8. The summed E-state index contributed by atoms with van der Waals surface area (Å²) in [6.07, 6.45) is 3.37. The first-order valence-electron chi connectivity index (χ1n) is 5.17. The van der Waals surface area contributed by atoms with Crippen molar-refractivity contribution in [1.29, 1.82) is 0 Å². The van der Waals surface area contributed by atoms with E-state index in [9.17, 15) is 9.59 Å². The molecule has 92 valence electrons. The van der Waals surface area contributed by atoms with E-state index in [0.717, 1.165) is 12.8 Å². The van der Waals surface area contributed by atoms with Gasteiger partial charge in [0.2, 0.25) is 5.91 Å². The molecular weight excluding hydrogens is 309 g/mol. The first-order chi connectivity index (χ1) is 8.00. The predicted octanol–water partition coefficient (Wildman–Crippen LogP) is 1.28. The lowest BCUT2D eigenvalue weighted by Gasteiger charge is -2.16. The predicted molar refractivity (Wildman–Crippen MR) is 67.0 cm³/mol. The zero-order valence-corrected chi connectivity index (χ0v) is 11.5. The quantitative estimate of drug-likeness (QED) is 0.788. The Morgan fingerprint density at radius 2 is 2.35 bits per heavy atom. The molecule has 0 spiro atoms. The molecule has 0 aromatic carbocycles. The van der Waals surface area contributed by atoms with Crippen LogP contribution >= 0.6 is 27.5 Å². The first kappa shape index (κ1) is 12.6. The number of nitrogens with zero attached hydrogens (tertiary/aromatic N) is 3. The summed E-state index contributed by atoms with van der Waals surface area (Å²) in [5.41, 5.74) is -0.345. The van der Waals surface area contributed by atoms with Crippen molar-refractivity contribution < 1.29 is 4.79 Å². The standard InChI is InChI=1S/C10H11BrClN3O2/c1-14(6-2-3-6)7(16)4-15-5-13-9(12)8(11)10(15)17/h5-6H,2-4H2,1H3. The van der Waals surface area contributed by atoms with Gasteiger partial charge in [-0.1, -0.05) is 11.6 Å². The van der Waals surface area contributed by atoms with Gasteiger partial charge < -0.3 is 4.90 Å². The second-order valence-electron chi connectivity index (χ2n) is 4.02. The highest BCUT2D eigenvalue weighted by Crippen LogP contribution is 2.25. The minimum Gasteiger partial charge on any atom is -0.341 e. The van der Waals surface area contributed by atoms with Gasteiger partial charge in [0, 0.05) is 13.1 Å². The van der Waals surface area contributed by atoms with Crippen molar-refractivity contribution in [2.24, 2.45) is 0 Å². The van der Waals surface area contributed by atoms with Crippen molar-refractivity contribution in [3.8, 4) is 0 Å². The molecule has 1 aliphatic rings. The van der Waals surface area contributed by atoms with E-state index < -0.39 is 0 Å². The van der Waals surface area contributed by atoms with Crippen LogP contribution in [0.1, 0.15) is 12.8 Å². The van der Waals surface area contributed by atoms with Crippen molar-refractivity contribution in [1.82, 2.24) is 14.5 Å². The van der Waals surface area contributed by atoms with E-state index in [1.54, 1.807) is 11.9 Å². The molecule has 1 fully saturated rings. The lowest BCUT2D eigenvalue weighted by Crippen LogP contribution is -2.35. The van der Waals surface area contributed by atoms with Crippen molar-refractivity contribution in [2.75, 3.05) is 7.05 Å². The summed E-state index contributed by atoms with van der Waals surface area (Å²) in [5, 5.41) is 0.106. The molecular formula is C10H11BrClN3O2. The summed E-state index contributed by atoms with van der Waals surface area (Å²) in [5.74, 6) is -0.0920. The molecule has 1 aromatic heterocycles. The Balaban J connectivity index is 2.16. The summed E-state index contributed by atoms with van der Waals surface area (Å²) in [7, 11) is 1.75. The average molecular weight is 321 g/mol. The minimum absolute atomic E-state index is 0.00535. The van der Waals surface area contributed by atoms with Crippen LogP contribution < -0.4 is 5.56 Å². The Labute approximate surface area is 112 Å². The van der Waals surface area contributed by atoms with Crippen LogP contribution in [0.5, 0.6) is 0 Å². The number of carbonyl (C=O) groups is 1. The summed E-state index contributed by atoms with van der Waals surface area (Å²) in [6, 6.07) is 0.335. The van der Waals surface area contributed by atoms with E-state index in [2.05, 4.69) is 20.9 Å². The molecule has 0 radical (unpaired) electrons. The maximum Gasteiger partial charge on any atom is 0.269 e. The molecule has 0 unspecified atom stereocenters. The Bertz CT molecular complexity index is 513. The van der Waals surface area contributed by atoms with Crippen LogP contribution in [0.25, 0.3) is 0 Å². The molecule has 0 atom stereocenters. The SMILES string of the molecule is CN(C(=O)Cn1cnc(Cl)c(Br)c1=O)C1CC1. The number of amides is 1. The van der Waals surface area contributed by atoms with Crippen LogP contribution in [0.15, 0.2) is 15.6 Å². The highest BCUT2D eigenvalue weighted by atomic mass is 79.9. The van der Waals surface area contributed by atoms with Gasteiger partial charge in [-0.25, -0.2) is 4.98 Å². The second-order valence-corrected chi connectivity index (χ2v) is 5.17. The van der Waals surface area contributed by atoms with Gasteiger partial charge in [0.25, 0.3) is 5.56 Å². The fourth-order valence-electron chi connectivity index (χ4n) is 1.48. The third-order valence-corrected chi connectivity index (χ3v) is 3.96. The van der Waals surface area contributed by atoms with Gasteiger partial charge in [0.15, 0.2) is 5.15 Å². The molecule has 5 nitrogen and oxygen atoms in total. The smallest absolute Gasteiger partial charge is 0.269 e. The largest absolute Gasteiger partial charge is 0.341 e. The zero-order valence-electron chi connectivity index (χ0n) is 9.19. The lowest BCUT2D eigenvalue weighted by atomic mass is 10.4. The highest BCUT2D eigenvalue weighted by Gasteiger charge is 2.29. The number of rotatable bonds is 3. The molecule has 0 bridgehead atoms. The van der Waals surface area contributed by atoms with Crippen LogP contribution in [0, 0.1) is 0 Å². The van der Waals surface area contributed by atoms with Crippen molar-refractivity contribution in [3.05, 3.63) is 26.3 Å². The zero-order chi connectivity index (χ0) is 12.6. The van der Waals surface area contributed by atoms with Gasteiger partial charge in [-0.3, -0.25) is 14.2 Å². The van der Waals surface area contributed by atoms with Crippen molar-refractivity contribution in [2.45, 2.75) is 25.4 Å². The topological polar surface area (TPSA) is 55.2 Å². The number of carbonyl (C=O) groups excluding carboxylic acids is 1. The van der Waals surface area contributed by atoms with Gasteiger partial charge >= 0.3 is 0 Å². The fraction of sp³-hybridized carbons (Fsp3) is 0.500. The van der Waals surface area contributed by atoms with E-state index in [1.807, 2.05) is 0 Å². The number of hydrogen-bond acceptors (Lipinski definition) is 3. The van der Waals surface area contributed by atoms with E-state index in [0.29, 0.717) is 6.04 Å². The molecule has 0 aliphatic heterocycles. The fourth-order valence-corrected chi connectivity index (χ4v) is 1.93. The van der Waals surface area contributed by atoms with Gasteiger partial charge in [-0.05, 0) is 28.8 Å². The maximum absolute atomic E-state index is 11.8. The second kappa shape index (κ2) is 4.78. The molecule has 2 rings (SSSR count). The molecule has 1 aliphatic carbocycles. The van der Waals surface area contributed by atoms with Crippen LogP contribution in [-0.4, -0.2) is 33.4 Å². The van der Waals surface area contributed by atoms with Crippen LogP contribution in [0.2, 0.25) is 5.15 Å². The van der Waals surface area contributed by atoms with Crippen LogP contribution in [0.4, 0.5) is 0 Å². The number of hydrogen-bond donors (Lipinski definition) is 0. The Hall–Kier alpha value is -0.880. The number of halogens is 2. The Morgan fingerprint density at radius 3 is 2.94 bits per heavy atom. The van der Waals surface area contributed by atoms with Gasteiger partial charge in [0.1, 0.15) is 11.0 Å². The number of aromatic nitrogens is 2. The molecule has 1 amide bonds. The highest BCUT2D eigenvalue weighted by molar-refractivity contribution is 9.10. The Kier molecular flexibility index (Phi) is 3.53. The van der Waals surface area contributed by atoms with E-state index >= 15 is 0 Å². The van der Waals surface area contributed by atoms with E-state index in [1.165, 1.54) is 10.9 Å². The van der Waals surface area contributed by atoms with Gasteiger partial charge in [-0.15, -0.1) is 0 Å². The molecule has 7 heteroatoms. The summed E-state index contributed by atoms with van der Waals surface area (Å²) in [6.45, 7) is -0.00535. The molecule has 1 aromatic rings. The number of likely N-dealkylation sites (N-methyl/N-ethyl adjacent to an activating group) is 1. The third kappa shape index (κ3) is 2.69. The van der Waals surface area contributed by atoms with E-state index in [-0.39, 0.29) is 27.6 Å². The minimum atomic E-state index is -0.345. The van der Waals surface area contributed by atoms with Gasteiger partial charge in [0.05, 0.1) is 6.33 Å². The van der Waals surface area contributed by atoms with Crippen LogP contribution in [-0.2, 0) is 11.3 Å². The summed E-state index contributed by atoms with van der Waals surface area (Å²) >= 11 is 8.72. The lowest BCUT2D eigenvalue weighted by molar-refractivity contribution is -0.131. The average Bonchev–Trinajstić information content (AvgIpc) is 3.13. The molecule has 0 N–H and O–H groups in total. The van der Waals surface area contributed by atoms with E-state index in [4.69, 9.17) is 11.6 Å². The molecule has 17 heavy (non-hydrogen) atoms. The van der Waals surface area contributed by atoms with Crippen molar-refractivity contribution in [3.63, 3.8) is 0 Å². The monoisotopic (exact) mass is 319 g/mol. The Morgan fingerprint density at radius 1 is 1.71 bits per heavy atom. The third-order valence-electron chi connectivity index (χ3n) is 2.73.